The molecule has 0 aromatic rings. The van der Waals surface area contributed by atoms with Crippen LogP contribution in [0.15, 0.2) is 0 Å². The van der Waals surface area contributed by atoms with Gasteiger partial charge < -0.3 is 15.1 Å². The highest BCUT2D eigenvalue weighted by atomic mass is 15.2. The average Bonchev–Trinajstić information content (AvgIpc) is 2.98. The molecule has 0 aromatic carbocycles. The van der Waals surface area contributed by atoms with Crippen molar-refractivity contribution < 1.29 is 0 Å². The summed E-state index contributed by atoms with van der Waals surface area (Å²) in [6.07, 6.45) is 8.28. The Labute approximate surface area is 132 Å². The van der Waals surface area contributed by atoms with E-state index in [1.54, 1.807) is 0 Å². The summed E-state index contributed by atoms with van der Waals surface area (Å²) in [5.74, 6) is 1.77. The lowest BCUT2D eigenvalue weighted by Crippen LogP contribution is -2.46. The average molecular weight is 296 g/mol. The van der Waals surface area contributed by atoms with Crippen LogP contribution in [0, 0.1) is 11.8 Å². The summed E-state index contributed by atoms with van der Waals surface area (Å²) in [7, 11) is 2.33. The fourth-order valence-electron chi connectivity index (χ4n) is 4.11. The first-order valence-corrected chi connectivity index (χ1v) is 9.33. The van der Waals surface area contributed by atoms with E-state index in [2.05, 4.69) is 36.0 Å². The predicted molar refractivity (Wildman–Crippen MR) is 91.8 cm³/mol. The van der Waals surface area contributed by atoms with Crippen molar-refractivity contribution in [1.82, 2.24) is 15.1 Å². The van der Waals surface area contributed by atoms with Gasteiger partial charge in [-0.3, -0.25) is 0 Å². The van der Waals surface area contributed by atoms with Gasteiger partial charge in [-0.25, -0.2) is 0 Å². The highest BCUT2D eigenvalue weighted by Crippen LogP contribution is 2.29. The maximum absolute atomic E-state index is 3.81. The highest BCUT2D eigenvalue weighted by molar-refractivity contribution is 4.85. The SMILES string of the molecule is CCCNC1CCC(C)CC1CN(C)CCN1CCCC1. The summed E-state index contributed by atoms with van der Waals surface area (Å²) in [4.78, 5) is 5.22. The molecule has 3 atom stereocenters. The Morgan fingerprint density at radius 2 is 1.95 bits per heavy atom. The minimum atomic E-state index is 0.760. The second-order valence-corrected chi connectivity index (χ2v) is 7.55. The van der Waals surface area contributed by atoms with Crippen molar-refractivity contribution in [2.24, 2.45) is 11.8 Å². The molecule has 1 aliphatic carbocycles. The van der Waals surface area contributed by atoms with Crippen LogP contribution in [0.1, 0.15) is 52.4 Å². The van der Waals surface area contributed by atoms with Crippen LogP contribution in [-0.4, -0.2) is 62.2 Å². The molecule has 1 aliphatic heterocycles. The number of hydrogen-bond donors (Lipinski definition) is 1. The molecule has 0 bridgehead atoms. The van der Waals surface area contributed by atoms with Crippen LogP contribution in [0.5, 0.6) is 0 Å². The number of nitrogens with one attached hydrogen (secondary N) is 1. The van der Waals surface area contributed by atoms with Gasteiger partial charge in [0.15, 0.2) is 0 Å². The Balaban J connectivity index is 1.73. The Morgan fingerprint density at radius 1 is 1.19 bits per heavy atom. The normalized spacial score (nSPS) is 31.1. The molecule has 0 spiro atoms. The number of nitrogens with zero attached hydrogens (tertiary/aromatic N) is 2. The lowest BCUT2D eigenvalue weighted by Gasteiger charge is -2.38. The second kappa shape index (κ2) is 9.12. The first kappa shape index (κ1) is 17.2. The van der Waals surface area contributed by atoms with E-state index in [0.29, 0.717) is 0 Å². The summed E-state index contributed by atoms with van der Waals surface area (Å²) >= 11 is 0. The molecule has 1 saturated heterocycles. The van der Waals surface area contributed by atoms with Crippen molar-refractivity contribution in [3.8, 4) is 0 Å². The van der Waals surface area contributed by atoms with Crippen LogP contribution in [0.3, 0.4) is 0 Å². The van der Waals surface area contributed by atoms with Gasteiger partial charge in [0.25, 0.3) is 0 Å². The van der Waals surface area contributed by atoms with Gasteiger partial charge in [0, 0.05) is 25.7 Å². The van der Waals surface area contributed by atoms with E-state index in [0.717, 1.165) is 17.9 Å². The van der Waals surface area contributed by atoms with Crippen LogP contribution in [-0.2, 0) is 0 Å². The standard InChI is InChI=1S/C18H37N3/c1-4-9-19-18-8-7-16(2)14-17(18)15-20(3)12-13-21-10-5-6-11-21/h16-19H,4-15H2,1-3H3. The van der Waals surface area contributed by atoms with Crippen molar-refractivity contribution >= 4 is 0 Å². The molecular formula is C18H37N3. The monoisotopic (exact) mass is 295 g/mol. The number of hydrogen-bond acceptors (Lipinski definition) is 3. The van der Waals surface area contributed by atoms with Gasteiger partial charge >= 0.3 is 0 Å². The minimum Gasteiger partial charge on any atom is -0.314 e. The van der Waals surface area contributed by atoms with Gasteiger partial charge in [0.2, 0.25) is 0 Å². The van der Waals surface area contributed by atoms with E-state index in [9.17, 15) is 0 Å². The van der Waals surface area contributed by atoms with Gasteiger partial charge in [-0.05, 0) is 77.0 Å². The molecule has 1 saturated carbocycles. The minimum absolute atomic E-state index is 0.760. The molecule has 3 unspecified atom stereocenters. The van der Waals surface area contributed by atoms with E-state index in [1.807, 2.05) is 0 Å². The van der Waals surface area contributed by atoms with E-state index in [-0.39, 0.29) is 0 Å². The van der Waals surface area contributed by atoms with Crippen molar-refractivity contribution in [2.45, 2.75) is 58.4 Å². The Bertz CT molecular complexity index is 274. The fraction of sp³-hybridized carbons (Fsp3) is 1.00. The quantitative estimate of drug-likeness (QED) is 0.743. The highest BCUT2D eigenvalue weighted by Gasteiger charge is 2.28. The topological polar surface area (TPSA) is 18.5 Å². The number of rotatable bonds is 8. The van der Waals surface area contributed by atoms with Crippen LogP contribution in [0.2, 0.25) is 0 Å². The summed E-state index contributed by atoms with van der Waals surface area (Å²) in [5, 5.41) is 3.81. The third-order valence-electron chi connectivity index (χ3n) is 5.44. The summed E-state index contributed by atoms with van der Waals surface area (Å²) in [5.41, 5.74) is 0. The van der Waals surface area contributed by atoms with Gasteiger partial charge in [-0.1, -0.05) is 13.8 Å². The lowest BCUT2D eigenvalue weighted by molar-refractivity contribution is 0.152. The molecule has 3 nitrogen and oxygen atoms in total. The van der Waals surface area contributed by atoms with Crippen molar-refractivity contribution in [1.29, 1.82) is 0 Å². The molecule has 21 heavy (non-hydrogen) atoms. The summed E-state index contributed by atoms with van der Waals surface area (Å²) in [6.45, 7) is 12.3. The molecule has 2 rings (SSSR count). The van der Waals surface area contributed by atoms with Crippen molar-refractivity contribution in [3.63, 3.8) is 0 Å². The molecule has 2 fully saturated rings. The maximum atomic E-state index is 3.81. The van der Waals surface area contributed by atoms with E-state index in [1.165, 1.54) is 77.8 Å². The molecular weight excluding hydrogens is 258 g/mol. The smallest absolute Gasteiger partial charge is 0.0109 e. The molecule has 124 valence electrons. The Kier molecular flexibility index (Phi) is 7.48. The summed E-state index contributed by atoms with van der Waals surface area (Å²) < 4.78 is 0. The zero-order chi connectivity index (χ0) is 15.1. The van der Waals surface area contributed by atoms with Crippen molar-refractivity contribution in [3.05, 3.63) is 0 Å². The Hall–Kier alpha value is -0.120. The Morgan fingerprint density at radius 3 is 2.67 bits per heavy atom. The van der Waals surface area contributed by atoms with E-state index >= 15 is 0 Å². The zero-order valence-electron chi connectivity index (χ0n) is 14.6. The van der Waals surface area contributed by atoms with Gasteiger partial charge in [0.05, 0.1) is 0 Å². The lowest BCUT2D eigenvalue weighted by atomic mass is 9.78. The van der Waals surface area contributed by atoms with Crippen molar-refractivity contribution in [2.75, 3.05) is 46.3 Å². The molecule has 2 aliphatic rings. The molecule has 0 amide bonds. The molecule has 0 aromatic heterocycles. The van der Waals surface area contributed by atoms with Gasteiger partial charge in [-0.15, -0.1) is 0 Å². The molecule has 1 N–H and O–H groups in total. The molecule has 3 heteroatoms. The van der Waals surface area contributed by atoms with E-state index in [4.69, 9.17) is 0 Å². The fourth-order valence-corrected chi connectivity index (χ4v) is 4.11. The number of likely N-dealkylation sites (tertiary alicyclic amines) is 1. The van der Waals surface area contributed by atoms with Gasteiger partial charge in [-0.2, -0.15) is 0 Å². The van der Waals surface area contributed by atoms with Crippen LogP contribution in [0.4, 0.5) is 0 Å². The van der Waals surface area contributed by atoms with Crippen LogP contribution in [0.25, 0.3) is 0 Å². The van der Waals surface area contributed by atoms with E-state index < -0.39 is 0 Å². The molecule has 0 radical (unpaired) electrons. The third kappa shape index (κ3) is 5.88. The van der Waals surface area contributed by atoms with Gasteiger partial charge in [0.1, 0.15) is 0 Å². The summed E-state index contributed by atoms with van der Waals surface area (Å²) in [6, 6.07) is 0.760. The zero-order valence-corrected chi connectivity index (χ0v) is 14.6. The van der Waals surface area contributed by atoms with Crippen LogP contribution >= 0.6 is 0 Å². The largest absolute Gasteiger partial charge is 0.314 e. The first-order valence-electron chi connectivity index (χ1n) is 9.33. The molecule has 1 heterocycles. The predicted octanol–water partition coefficient (Wildman–Crippen LogP) is 2.82. The first-order chi connectivity index (χ1) is 10.2. The number of likely N-dealkylation sites (N-methyl/N-ethyl adjacent to an activating group) is 1. The third-order valence-corrected chi connectivity index (χ3v) is 5.44. The van der Waals surface area contributed by atoms with Crippen LogP contribution < -0.4 is 5.32 Å². The second-order valence-electron chi connectivity index (χ2n) is 7.55. The maximum Gasteiger partial charge on any atom is 0.0109 e.